The number of allylic oxidation sites excluding steroid dienone is 4. The zero-order valence-corrected chi connectivity index (χ0v) is 21.7. The average molecular weight is 535 g/mol. The van der Waals surface area contributed by atoms with Crippen LogP contribution in [0, 0.1) is 0 Å². The van der Waals surface area contributed by atoms with E-state index in [4.69, 9.17) is 0 Å². The van der Waals surface area contributed by atoms with Gasteiger partial charge >= 0.3 is 188 Å². The fourth-order valence-electron chi connectivity index (χ4n) is 4.63. The SMILES string of the molecule is C=Cc1ccc2c(c1)-c1cc(C=C)ccc1[CH]2/[Zr+2](=[CH]/c1ccccc1)[C]1=CC=CC1.[Cl-].[Cl-]. The molecule has 0 N–H and O–H groups in total. The Hall–Kier alpha value is -2.05. The van der Waals surface area contributed by atoms with Gasteiger partial charge in [0.2, 0.25) is 0 Å². The van der Waals surface area contributed by atoms with Crippen LogP contribution in [0.1, 0.15) is 37.9 Å². The normalized spacial score (nSPS) is 13.4. The van der Waals surface area contributed by atoms with Gasteiger partial charge in [0.1, 0.15) is 0 Å². The third-order valence-corrected chi connectivity index (χ3v) is 13.5. The maximum absolute atomic E-state index is 3.99. The van der Waals surface area contributed by atoms with Crippen LogP contribution in [0.2, 0.25) is 0 Å². The van der Waals surface area contributed by atoms with Gasteiger partial charge in [0, 0.05) is 0 Å². The zero-order valence-electron chi connectivity index (χ0n) is 17.8. The molecule has 0 aliphatic heterocycles. The van der Waals surface area contributed by atoms with Crippen LogP contribution >= 0.6 is 0 Å². The first-order valence-electron chi connectivity index (χ1n) is 10.4. The Morgan fingerprint density at radius 3 is 1.84 bits per heavy atom. The van der Waals surface area contributed by atoms with Crippen LogP contribution in [-0.2, 0) is 21.3 Å². The summed E-state index contributed by atoms with van der Waals surface area (Å²) in [5.41, 5.74) is 9.47. The van der Waals surface area contributed by atoms with Gasteiger partial charge in [0.05, 0.1) is 0 Å². The molecule has 0 saturated carbocycles. The molecule has 0 nitrogen and oxygen atoms in total. The van der Waals surface area contributed by atoms with Gasteiger partial charge in [-0.2, -0.15) is 0 Å². The summed E-state index contributed by atoms with van der Waals surface area (Å²) in [5, 5.41) is 0. The second-order valence-corrected chi connectivity index (χ2v) is 13.8. The molecular formula is C29H24Cl2Zr. The topological polar surface area (TPSA) is 0 Å². The third kappa shape index (κ3) is 4.53. The van der Waals surface area contributed by atoms with Gasteiger partial charge in [-0.15, -0.1) is 0 Å². The Labute approximate surface area is 211 Å². The summed E-state index contributed by atoms with van der Waals surface area (Å²) in [6, 6.07) is 24.7. The van der Waals surface area contributed by atoms with Gasteiger partial charge in [-0.25, -0.2) is 0 Å². The molecule has 3 heteroatoms. The summed E-state index contributed by atoms with van der Waals surface area (Å²) < 4.78 is 4.82. The Morgan fingerprint density at radius 2 is 1.34 bits per heavy atom. The monoisotopic (exact) mass is 532 g/mol. The summed E-state index contributed by atoms with van der Waals surface area (Å²) in [7, 11) is 0. The molecule has 0 fully saturated rings. The largest absolute Gasteiger partial charge is 1.00 e. The molecule has 0 radical (unpaired) electrons. The van der Waals surface area contributed by atoms with Crippen LogP contribution in [0.25, 0.3) is 23.3 Å². The van der Waals surface area contributed by atoms with Crippen molar-refractivity contribution in [2.75, 3.05) is 0 Å². The molecule has 0 aromatic heterocycles. The Morgan fingerprint density at radius 1 is 0.750 bits per heavy atom. The number of halogens is 2. The minimum absolute atomic E-state index is 0. The number of hydrogen-bond donors (Lipinski definition) is 0. The van der Waals surface area contributed by atoms with Gasteiger partial charge in [0.15, 0.2) is 0 Å². The number of rotatable bonds is 5. The molecular weight excluding hydrogens is 510 g/mol. The zero-order chi connectivity index (χ0) is 20.5. The minimum Gasteiger partial charge on any atom is -1.00 e. The fourth-order valence-corrected chi connectivity index (χ4v) is 12.2. The maximum Gasteiger partial charge on any atom is -1.00 e. The molecule has 0 spiro atoms. The van der Waals surface area contributed by atoms with Crippen molar-refractivity contribution < 1.29 is 46.1 Å². The molecule has 0 bridgehead atoms. The first-order valence-corrected chi connectivity index (χ1v) is 14.5. The fraction of sp³-hybridized carbons (Fsp3) is 0.0690. The van der Waals surface area contributed by atoms with Crippen LogP contribution in [-0.4, -0.2) is 3.71 Å². The first-order chi connectivity index (χ1) is 14.8. The second kappa shape index (κ2) is 10.7. The van der Waals surface area contributed by atoms with E-state index in [1.807, 2.05) is 12.2 Å². The van der Waals surface area contributed by atoms with E-state index in [2.05, 4.69) is 102 Å². The van der Waals surface area contributed by atoms with Crippen molar-refractivity contribution in [3.8, 4) is 11.1 Å². The number of fused-ring (bicyclic) bond motifs is 3. The van der Waals surface area contributed by atoms with E-state index in [0.717, 1.165) is 6.42 Å². The molecule has 0 saturated heterocycles. The van der Waals surface area contributed by atoms with Crippen molar-refractivity contribution in [3.05, 3.63) is 129 Å². The molecule has 3 aromatic rings. The number of hydrogen-bond acceptors (Lipinski definition) is 0. The van der Waals surface area contributed by atoms with Gasteiger partial charge in [-0.3, -0.25) is 0 Å². The standard InChI is InChI=1S/C17H13.C7H6.C5H5.2ClH.Zr/c1-3-12-5-7-14-11-15-8-6-13(4-2)10-17(15)16(14)9-12;1-7-5-3-2-4-6-7;1-2-4-5-3-1;;;/h3-11H,1-2H2;1-6H;1-3H,4H2;2*1H;/q;;;;;+2/p-2. The van der Waals surface area contributed by atoms with Crippen molar-refractivity contribution in [2.45, 2.75) is 10.0 Å². The predicted octanol–water partition coefficient (Wildman–Crippen LogP) is 1.36. The minimum atomic E-state index is -2.21. The van der Waals surface area contributed by atoms with Crippen molar-refractivity contribution in [1.29, 1.82) is 0 Å². The van der Waals surface area contributed by atoms with E-state index in [1.165, 1.54) is 38.9 Å². The molecule has 2 aliphatic carbocycles. The molecule has 3 aromatic carbocycles. The van der Waals surface area contributed by atoms with E-state index < -0.39 is 21.3 Å². The van der Waals surface area contributed by atoms with Gasteiger partial charge in [-0.1, -0.05) is 0 Å². The molecule has 158 valence electrons. The van der Waals surface area contributed by atoms with Crippen LogP contribution < -0.4 is 24.8 Å². The molecule has 0 unspecified atom stereocenters. The Kier molecular flexibility index (Phi) is 8.23. The Balaban J connectivity index is 0.00000144. The van der Waals surface area contributed by atoms with E-state index in [9.17, 15) is 0 Å². The molecule has 0 atom stereocenters. The Bertz CT molecular complexity index is 1190. The van der Waals surface area contributed by atoms with E-state index in [-0.39, 0.29) is 24.8 Å². The summed E-state index contributed by atoms with van der Waals surface area (Å²) in [6.07, 6.45) is 11.9. The smallest absolute Gasteiger partial charge is 1.00 e. The van der Waals surface area contributed by atoms with Gasteiger partial charge < -0.3 is 24.8 Å². The van der Waals surface area contributed by atoms with Crippen molar-refractivity contribution in [1.82, 2.24) is 0 Å². The van der Waals surface area contributed by atoms with Crippen LogP contribution in [0.3, 0.4) is 0 Å². The van der Waals surface area contributed by atoms with Crippen LogP contribution in [0.5, 0.6) is 0 Å². The van der Waals surface area contributed by atoms with Crippen molar-refractivity contribution in [3.63, 3.8) is 0 Å². The van der Waals surface area contributed by atoms with Crippen LogP contribution in [0.4, 0.5) is 0 Å². The summed E-state index contributed by atoms with van der Waals surface area (Å²) in [6.45, 7) is 7.98. The van der Waals surface area contributed by atoms with Crippen LogP contribution in [0.15, 0.2) is 101 Å². The van der Waals surface area contributed by atoms with Crippen molar-refractivity contribution in [2.24, 2.45) is 0 Å². The van der Waals surface area contributed by atoms with E-state index in [1.54, 1.807) is 3.28 Å². The van der Waals surface area contributed by atoms with Gasteiger partial charge in [-0.05, 0) is 0 Å². The van der Waals surface area contributed by atoms with Gasteiger partial charge in [0.25, 0.3) is 0 Å². The summed E-state index contributed by atoms with van der Waals surface area (Å²) in [5.74, 6) is 0. The quantitative estimate of drug-likeness (QED) is 0.464. The maximum atomic E-state index is 3.99. The molecule has 5 rings (SSSR count). The van der Waals surface area contributed by atoms with E-state index in [0.29, 0.717) is 3.63 Å². The number of benzene rings is 3. The molecule has 32 heavy (non-hydrogen) atoms. The third-order valence-electron chi connectivity index (χ3n) is 6.11. The molecule has 2 aliphatic rings. The summed E-state index contributed by atoms with van der Waals surface area (Å²) >= 11 is -2.21. The molecule has 0 heterocycles. The first kappa shape index (κ1) is 24.6. The van der Waals surface area contributed by atoms with E-state index >= 15 is 0 Å². The second-order valence-electron chi connectivity index (χ2n) is 7.87. The molecule has 0 amide bonds. The summed E-state index contributed by atoms with van der Waals surface area (Å²) in [4.78, 5) is 0. The predicted molar refractivity (Wildman–Crippen MR) is 127 cm³/mol. The van der Waals surface area contributed by atoms with Crippen molar-refractivity contribution >= 4 is 15.9 Å². The average Bonchev–Trinajstić information content (AvgIpc) is 3.44.